The van der Waals surface area contributed by atoms with Crippen LogP contribution in [0.15, 0.2) is 0 Å². The number of nitrogens with zero attached hydrogens (tertiary/aromatic N) is 1. The number of fused-ring (bicyclic) bond motifs is 3. The number of carbonyl (C=O) groups is 3. The minimum absolute atomic E-state index is 0.226. The van der Waals surface area contributed by atoms with E-state index in [0.29, 0.717) is 12.8 Å². The van der Waals surface area contributed by atoms with Crippen LogP contribution in [0.3, 0.4) is 0 Å². The Morgan fingerprint density at radius 3 is 2.45 bits per heavy atom. The minimum Gasteiger partial charge on any atom is -0.469 e. The summed E-state index contributed by atoms with van der Waals surface area (Å²) < 4.78 is 10.1. The van der Waals surface area contributed by atoms with Gasteiger partial charge in [-0.25, -0.2) is 9.69 Å². The Labute approximate surface area is 118 Å². The SMILES string of the molecule is COC(=O)[C@@H]1C[C@@H]2CC[C@H]1N(C(=O)OC(C)(C)C)C2=O. The predicted octanol–water partition coefficient (Wildman–Crippen LogP) is 1.72. The summed E-state index contributed by atoms with van der Waals surface area (Å²) in [5.74, 6) is -1.29. The van der Waals surface area contributed by atoms with E-state index in [1.54, 1.807) is 20.8 Å². The quantitative estimate of drug-likeness (QED) is 0.685. The highest BCUT2D eigenvalue weighted by Gasteiger charge is 2.52. The average molecular weight is 283 g/mol. The normalized spacial score (nSPS) is 29.3. The van der Waals surface area contributed by atoms with Crippen molar-refractivity contribution in [3.63, 3.8) is 0 Å². The third-order valence-corrected chi connectivity index (χ3v) is 3.83. The molecule has 2 amide bonds. The third kappa shape index (κ3) is 2.64. The van der Waals surface area contributed by atoms with E-state index < -0.39 is 23.7 Å². The molecule has 2 aliphatic heterocycles. The lowest BCUT2D eigenvalue weighted by molar-refractivity contribution is -0.161. The van der Waals surface area contributed by atoms with Gasteiger partial charge in [0.1, 0.15) is 5.60 Å². The van der Waals surface area contributed by atoms with Crippen molar-refractivity contribution in [2.24, 2.45) is 11.8 Å². The molecule has 0 spiro atoms. The number of carbonyl (C=O) groups excluding carboxylic acids is 3. The summed E-state index contributed by atoms with van der Waals surface area (Å²) in [5, 5.41) is 0. The van der Waals surface area contributed by atoms with Gasteiger partial charge in [-0.3, -0.25) is 9.59 Å². The van der Waals surface area contributed by atoms with Crippen LogP contribution in [0, 0.1) is 11.8 Å². The highest BCUT2D eigenvalue weighted by atomic mass is 16.6. The van der Waals surface area contributed by atoms with Crippen LogP contribution in [0.4, 0.5) is 4.79 Å². The van der Waals surface area contributed by atoms with Crippen molar-refractivity contribution in [3.8, 4) is 0 Å². The van der Waals surface area contributed by atoms with Crippen LogP contribution >= 0.6 is 0 Å². The van der Waals surface area contributed by atoms with Crippen molar-refractivity contribution in [1.82, 2.24) is 4.90 Å². The summed E-state index contributed by atoms with van der Waals surface area (Å²) in [4.78, 5) is 37.4. The van der Waals surface area contributed by atoms with Gasteiger partial charge in [0.05, 0.1) is 19.1 Å². The fourth-order valence-corrected chi connectivity index (χ4v) is 2.99. The second-order valence-corrected chi connectivity index (χ2v) is 6.40. The van der Waals surface area contributed by atoms with Crippen LogP contribution < -0.4 is 0 Å². The molecule has 0 aromatic heterocycles. The Morgan fingerprint density at radius 2 is 1.90 bits per heavy atom. The predicted molar refractivity (Wildman–Crippen MR) is 69.7 cm³/mol. The molecule has 0 N–H and O–H groups in total. The molecule has 3 fully saturated rings. The Hall–Kier alpha value is -1.59. The second kappa shape index (κ2) is 5.07. The van der Waals surface area contributed by atoms with E-state index in [4.69, 9.17) is 9.47 Å². The number of amides is 2. The number of piperidine rings is 2. The minimum atomic E-state index is -0.672. The molecule has 2 heterocycles. The summed E-state index contributed by atoms with van der Waals surface area (Å²) in [7, 11) is 1.32. The largest absolute Gasteiger partial charge is 0.469 e. The van der Waals surface area contributed by atoms with Crippen LogP contribution in [0.1, 0.15) is 40.0 Å². The molecular formula is C14H21NO5. The van der Waals surface area contributed by atoms with Crippen molar-refractivity contribution in [2.75, 3.05) is 7.11 Å². The number of imide groups is 1. The Bertz CT molecular complexity index is 439. The molecule has 112 valence electrons. The molecule has 6 nitrogen and oxygen atoms in total. The maximum absolute atomic E-state index is 12.2. The van der Waals surface area contributed by atoms with E-state index >= 15 is 0 Å². The Kier molecular flexibility index (Phi) is 3.75. The molecule has 0 aromatic rings. The first-order valence-electron chi connectivity index (χ1n) is 6.88. The fraction of sp³-hybridized carbons (Fsp3) is 0.786. The lowest BCUT2D eigenvalue weighted by atomic mass is 9.72. The van der Waals surface area contributed by atoms with Crippen molar-refractivity contribution in [1.29, 1.82) is 0 Å². The van der Waals surface area contributed by atoms with Gasteiger partial charge in [-0.1, -0.05) is 0 Å². The smallest absolute Gasteiger partial charge is 0.417 e. The number of methoxy groups -OCH3 is 1. The van der Waals surface area contributed by atoms with Gasteiger partial charge < -0.3 is 9.47 Å². The first-order chi connectivity index (χ1) is 9.24. The molecule has 6 heteroatoms. The van der Waals surface area contributed by atoms with Gasteiger partial charge in [-0.2, -0.15) is 0 Å². The topological polar surface area (TPSA) is 72.9 Å². The maximum atomic E-state index is 12.2. The lowest BCUT2D eigenvalue weighted by Gasteiger charge is -2.46. The highest BCUT2D eigenvalue weighted by molar-refractivity contribution is 5.96. The molecular weight excluding hydrogens is 262 g/mol. The molecule has 2 bridgehead atoms. The highest BCUT2D eigenvalue weighted by Crippen LogP contribution is 2.41. The van der Waals surface area contributed by atoms with E-state index in [1.807, 2.05) is 0 Å². The van der Waals surface area contributed by atoms with Gasteiger partial charge in [-0.05, 0) is 40.0 Å². The fourth-order valence-electron chi connectivity index (χ4n) is 2.99. The van der Waals surface area contributed by atoms with E-state index in [0.717, 1.165) is 11.3 Å². The van der Waals surface area contributed by atoms with Gasteiger partial charge in [0.2, 0.25) is 5.91 Å². The molecule has 3 aliphatic rings. The lowest BCUT2D eigenvalue weighted by Crippen LogP contribution is -2.61. The van der Waals surface area contributed by atoms with Gasteiger partial charge in [0.15, 0.2) is 0 Å². The first-order valence-corrected chi connectivity index (χ1v) is 6.88. The van der Waals surface area contributed by atoms with Crippen LogP contribution in [0.25, 0.3) is 0 Å². The Balaban J connectivity index is 2.21. The summed E-state index contributed by atoms with van der Waals surface area (Å²) in [5.41, 5.74) is -0.672. The summed E-state index contributed by atoms with van der Waals surface area (Å²) >= 11 is 0. The van der Waals surface area contributed by atoms with Crippen LogP contribution in [-0.2, 0) is 19.1 Å². The molecule has 2 saturated heterocycles. The van der Waals surface area contributed by atoms with Crippen molar-refractivity contribution in [3.05, 3.63) is 0 Å². The number of hydrogen-bond acceptors (Lipinski definition) is 5. The van der Waals surface area contributed by atoms with Crippen molar-refractivity contribution in [2.45, 2.75) is 51.7 Å². The number of rotatable bonds is 1. The van der Waals surface area contributed by atoms with Gasteiger partial charge in [0, 0.05) is 5.92 Å². The molecule has 1 aliphatic carbocycles. The zero-order valence-corrected chi connectivity index (χ0v) is 12.3. The maximum Gasteiger partial charge on any atom is 0.417 e. The number of hydrogen-bond donors (Lipinski definition) is 0. The summed E-state index contributed by atoms with van der Waals surface area (Å²) in [6.07, 6.45) is 1.16. The Morgan fingerprint density at radius 1 is 1.25 bits per heavy atom. The second-order valence-electron chi connectivity index (χ2n) is 6.40. The summed E-state index contributed by atoms with van der Waals surface area (Å²) in [6.45, 7) is 5.24. The molecule has 0 unspecified atom stereocenters. The van der Waals surface area contributed by atoms with E-state index in [9.17, 15) is 14.4 Å². The van der Waals surface area contributed by atoms with Gasteiger partial charge >= 0.3 is 12.1 Å². The van der Waals surface area contributed by atoms with Gasteiger partial charge in [0.25, 0.3) is 0 Å². The van der Waals surface area contributed by atoms with Crippen LogP contribution in [-0.4, -0.2) is 41.6 Å². The van der Waals surface area contributed by atoms with Crippen molar-refractivity contribution < 1.29 is 23.9 Å². The van der Waals surface area contributed by atoms with E-state index in [-0.39, 0.29) is 17.8 Å². The molecule has 1 saturated carbocycles. The molecule has 3 rings (SSSR count). The zero-order valence-electron chi connectivity index (χ0n) is 12.3. The first kappa shape index (κ1) is 14.8. The third-order valence-electron chi connectivity index (χ3n) is 3.83. The van der Waals surface area contributed by atoms with E-state index in [1.165, 1.54) is 7.11 Å². The molecule has 0 radical (unpaired) electrons. The monoisotopic (exact) mass is 283 g/mol. The molecule has 0 aromatic carbocycles. The zero-order chi connectivity index (χ0) is 15.1. The van der Waals surface area contributed by atoms with Crippen LogP contribution in [0.2, 0.25) is 0 Å². The van der Waals surface area contributed by atoms with E-state index in [2.05, 4.69) is 0 Å². The van der Waals surface area contributed by atoms with Crippen molar-refractivity contribution >= 4 is 18.0 Å². The number of ether oxygens (including phenoxy) is 2. The average Bonchev–Trinajstić information content (AvgIpc) is 2.36. The summed E-state index contributed by atoms with van der Waals surface area (Å²) in [6, 6.07) is -0.435. The van der Waals surface area contributed by atoms with Gasteiger partial charge in [-0.15, -0.1) is 0 Å². The molecule has 20 heavy (non-hydrogen) atoms. The van der Waals surface area contributed by atoms with Crippen LogP contribution in [0.5, 0.6) is 0 Å². The standard InChI is InChI=1S/C14H21NO5/c1-14(2,3)20-13(18)15-10-6-5-8(11(15)16)7-9(10)12(17)19-4/h8-10H,5-7H2,1-4H3/t8-,9+,10+/m0/s1. The molecule has 3 atom stereocenters. The number of esters is 1.